The molecular weight excluding hydrogens is 396 g/mol. The van der Waals surface area contributed by atoms with E-state index < -0.39 is 0 Å². The minimum absolute atomic E-state index is 0.0526. The molecule has 2 aromatic carbocycles. The number of benzene rings is 2. The predicted molar refractivity (Wildman–Crippen MR) is 138 cm³/mol. The number of anilines is 2. The van der Waals surface area contributed by atoms with Crippen LogP contribution in [0.3, 0.4) is 0 Å². The van der Waals surface area contributed by atoms with Crippen LogP contribution in [0.25, 0.3) is 0 Å². The summed E-state index contributed by atoms with van der Waals surface area (Å²) in [7, 11) is 0. The lowest BCUT2D eigenvalue weighted by Crippen LogP contribution is -2.33. The van der Waals surface area contributed by atoms with Gasteiger partial charge < -0.3 is 20.0 Å². The van der Waals surface area contributed by atoms with Gasteiger partial charge in [-0.3, -0.25) is 0 Å². The number of nitrogens with zero attached hydrogens (tertiary/aromatic N) is 2. The van der Waals surface area contributed by atoms with E-state index in [-0.39, 0.29) is 22.3 Å². The van der Waals surface area contributed by atoms with E-state index in [4.69, 9.17) is 0 Å². The lowest BCUT2D eigenvalue weighted by atomic mass is 9.84. The molecule has 0 aliphatic heterocycles. The van der Waals surface area contributed by atoms with Crippen LogP contribution in [-0.4, -0.2) is 41.3 Å². The summed E-state index contributed by atoms with van der Waals surface area (Å²) in [6.45, 7) is 24.8. The number of likely N-dealkylation sites (N-methyl/N-ethyl adjacent to an activating group) is 1. The molecule has 0 unspecified atom stereocenters. The van der Waals surface area contributed by atoms with E-state index in [9.17, 15) is 10.2 Å². The summed E-state index contributed by atoms with van der Waals surface area (Å²) in [6, 6.07) is 8.31. The number of hydrogen-bond acceptors (Lipinski definition) is 4. The predicted octanol–water partition coefficient (Wildman–Crippen LogP) is 6.79. The molecule has 0 heterocycles. The van der Waals surface area contributed by atoms with E-state index in [0.29, 0.717) is 6.54 Å². The maximum atomic E-state index is 11.2. The fraction of sp³-hybridized carbons (Fsp3) is 0.571. The minimum Gasteiger partial charge on any atom is -0.505 e. The number of hydrogen-bond donors (Lipinski definition) is 2. The fourth-order valence-electron chi connectivity index (χ4n) is 3.95. The van der Waals surface area contributed by atoms with Crippen molar-refractivity contribution in [1.82, 2.24) is 4.90 Å². The van der Waals surface area contributed by atoms with E-state index in [1.54, 1.807) is 0 Å². The van der Waals surface area contributed by atoms with Gasteiger partial charge in [0, 0.05) is 13.1 Å². The molecule has 0 spiro atoms. The van der Waals surface area contributed by atoms with Crippen LogP contribution in [0.4, 0.5) is 11.4 Å². The molecule has 0 radical (unpaired) electrons. The summed E-state index contributed by atoms with van der Waals surface area (Å²) >= 11 is 0. The Labute approximate surface area is 195 Å². The second-order valence-corrected chi connectivity index (χ2v) is 11.0. The van der Waals surface area contributed by atoms with Crippen molar-refractivity contribution in [3.63, 3.8) is 0 Å². The highest BCUT2D eigenvalue weighted by atomic mass is 16.3. The van der Waals surface area contributed by atoms with Crippen LogP contribution in [0.2, 0.25) is 0 Å². The van der Waals surface area contributed by atoms with Gasteiger partial charge in [-0.2, -0.15) is 0 Å². The van der Waals surface area contributed by atoms with E-state index >= 15 is 0 Å². The molecular formula is C28H44N2O2. The van der Waals surface area contributed by atoms with Crippen LogP contribution in [-0.2, 0) is 10.8 Å². The topological polar surface area (TPSA) is 46.9 Å². The van der Waals surface area contributed by atoms with Crippen LogP contribution < -0.4 is 4.90 Å². The largest absolute Gasteiger partial charge is 0.505 e. The summed E-state index contributed by atoms with van der Waals surface area (Å²) in [5, 5.41) is 22.3. The van der Waals surface area contributed by atoms with Gasteiger partial charge in [0.1, 0.15) is 11.5 Å². The quantitative estimate of drug-likeness (QED) is 0.497. The molecule has 0 fully saturated rings. The summed E-state index contributed by atoms with van der Waals surface area (Å²) in [4.78, 5) is 4.47. The van der Waals surface area contributed by atoms with E-state index in [0.717, 1.165) is 42.1 Å². The van der Waals surface area contributed by atoms with E-state index in [1.807, 2.05) is 13.8 Å². The van der Waals surface area contributed by atoms with Crippen molar-refractivity contribution in [2.75, 3.05) is 31.1 Å². The van der Waals surface area contributed by atoms with Crippen molar-refractivity contribution in [1.29, 1.82) is 0 Å². The Morgan fingerprint density at radius 1 is 0.656 bits per heavy atom. The zero-order chi connectivity index (χ0) is 24.4. The fourth-order valence-corrected chi connectivity index (χ4v) is 3.95. The first-order valence-electron chi connectivity index (χ1n) is 11.9. The Hall–Kier alpha value is -2.20. The zero-order valence-corrected chi connectivity index (χ0v) is 21.9. The van der Waals surface area contributed by atoms with E-state index in [1.165, 1.54) is 11.1 Å². The van der Waals surface area contributed by atoms with Crippen LogP contribution >= 0.6 is 0 Å². The molecule has 0 amide bonds. The molecule has 2 aromatic rings. The van der Waals surface area contributed by atoms with Crippen LogP contribution in [0.5, 0.6) is 11.5 Å². The maximum Gasteiger partial charge on any atom is 0.142 e. The van der Waals surface area contributed by atoms with E-state index in [2.05, 4.69) is 89.5 Å². The Morgan fingerprint density at radius 2 is 1.03 bits per heavy atom. The lowest BCUT2D eigenvalue weighted by Gasteiger charge is -2.33. The third kappa shape index (κ3) is 5.78. The average Bonchev–Trinajstić information content (AvgIpc) is 2.68. The van der Waals surface area contributed by atoms with Crippen molar-refractivity contribution >= 4 is 11.4 Å². The Morgan fingerprint density at radius 3 is 1.34 bits per heavy atom. The summed E-state index contributed by atoms with van der Waals surface area (Å²) in [6.07, 6.45) is 0. The number of rotatable bonds is 7. The van der Waals surface area contributed by atoms with Gasteiger partial charge in [-0.15, -0.1) is 0 Å². The first-order valence-corrected chi connectivity index (χ1v) is 11.9. The Bertz CT molecular complexity index is 862. The second kappa shape index (κ2) is 9.74. The van der Waals surface area contributed by atoms with Crippen LogP contribution in [0.15, 0.2) is 24.3 Å². The smallest absolute Gasteiger partial charge is 0.142 e. The molecule has 4 nitrogen and oxygen atoms in total. The Balaban J connectivity index is 2.76. The molecule has 0 saturated carbocycles. The first-order chi connectivity index (χ1) is 14.7. The molecule has 0 atom stereocenters. The Kier molecular flexibility index (Phi) is 7.93. The summed E-state index contributed by atoms with van der Waals surface area (Å²) in [5.74, 6) is 0.548. The third-order valence-corrected chi connectivity index (χ3v) is 6.41. The van der Waals surface area contributed by atoms with Crippen molar-refractivity contribution in [2.45, 2.75) is 80.1 Å². The standard InChI is InChI=1S/C28H44N2O2/c1-11-29(12-2)13-14-30(23-17-21(27(5,6)7)15-19(3)25(23)31)24-18-22(28(8,9)10)16-20(4)26(24)32/h15-18,31-32H,11-14H2,1-10H3. The van der Waals surface area contributed by atoms with Gasteiger partial charge in [0.2, 0.25) is 0 Å². The summed E-state index contributed by atoms with van der Waals surface area (Å²) in [5.41, 5.74) is 5.43. The highest BCUT2D eigenvalue weighted by molar-refractivity contribution is 5.76. The molecule has 0 aromatic heterocycles. The molecule has 0 saturated heterocycles. The second-order valence-electron chi connectivity index (χ2n) is 11.0. The van der Waals surface area contributed by atoms with Crippen molar-refractivity contribution in [3.05, 3.63) is 46.5 Å². The first kappa shape index (κ1) is 26.1. The van der Waals surface area contributed by atoms with Gasteiger partial charge in [-0.05, 0) is 72.2 Å². The van der Waals surface area contributed by atoms with Crippen LogP contribution in [0.1, 0.15) is 77.6 Å². The number of phenols is 2. The molecule has 2 N–H and O–H groups in total. The summed E-state index contributed by atoms with van der Waals surface area (Å²) < 4.78 is 0. The highest BCUT2D eigenvalue weighted by Crippen LogP contribution is 2.44. The minimum atomic E-state index is -0.0526. The van der Waals surface area contributed by atoms with Crippen molar-refractivity contribution in [2.24, 2.45) is 0 Å². The normalized spacial score (nSPS) is 12.5. The number of phenolic OH excluding ortho intramolecular Hbond substituents is 2. The van der Waals surface area contributed by atoms with Gasteiger partial charge in [0.05, 0.1) is 11.4 Å². The van der Waals surface area contributed by atoms with Gasteiger partial charge in [-0.1, -0.05) is 67.5 Å². The molecule has 0 aliphatic rings. The molecule has 0 bridgehead atoms. The molecule has 178 valence electrons. The highest BCUT2D eigenvalue weighted by Gasteiger charge is 2.25. The molecule has 0 aliphatic carbocycles. The monoisotopic (exact) mass is 440 g/mol. The maximum absolute atomic E-state index is 11.2. The zero-order valence-electron chi connectivity index (χ0n) is 21.9. The van der Waals surface area contributed by atoms with Gasteiger partial charge in [-0.25, -0.2) is 0 Å². The number of aryl methyl sites for hydroxylation is 2. The average molecular weight is 441 g/mol. The van der Waals surface area contributed by atoms with Crippen molar-refractivity contribution < 1.29 is 10.2 Å². The lowest BCUT2D eigenvalue weighted by molar-refractivity contribution is 0.311. The van der Waals surface area contributed by atoms with Crippen molar-refractivity contribution in [3.8, 4) is 11.5 Å². The third-order valence-electron chi connectivity index (χ3n) is 6.41. The number of aromatic hydroxyl groups is 2. The molecule has 2 rings (SSSR count). The SMILES string of the molecule is CCN(CC)CCN(c1cc(C(C)(C)C)cc(C)c1O)c1cc(C(C)(C)C)cc(C)c1O. The van der Waals surface area contributed by atoms with Crippen LogP contribution in [0, 0.1) is 13.8 Å². The molecule has 32 heavy (non-hydrogen) atoms. The molecule has 4 heteroatoms. The van der Waals surface area contributed by atoms with Gasteiger partial charge >= 0.3 is 0 Å². The van der Waals surface area contributed by atoms with Gasteiger partial charge in [0.25, 0.3) is 0 Å². The van der Waals surface area contributed by atoms with Gasteiger partial charge in [0.15, 0.2) is 0 Å².